The van der Waals surface area contributed by atoms with Gasteiger partial charge < -0.3 is 9.47 Å². The molecule has 0 aromatic rings. The molecular formula is C16H28O4. The van der Waals surface area contributed by atoms with E-state index in [1.807, 2.05) is 6.08 Å². The first-order valence-electron chi connectivity index (χ1n) is 7.51. The Hall–Kier alpha value is -1.32. The molecule has 0 saturated carbocycles. The number of hydrogen-bond donors (Lipinski definition) is 0. The summed E-state index contributed by atoms with van der Waals surface area (Å²) in [5, 5.41) is 0. The number of hydrogen-bond acceptors (Lipinski definition) is 4. The van der Waals surface area contributed by atoms with Crippen molar-refractivity contribution in [1.29, 1.82) is 0 Å². The minimum absolute atomic E-state index is 0.209. The van der Waals surface area contributed by atoms with E-state index in [1.54, 1.807) is 0 Å². The molecule has 0 heterocycles. The predicted octanol–water partition coefficient (Wildman–Crippen LogP) is 3.79. The zero-order valence-corrected chi connectivity index (χ0v) is 13.0. The topological polar surface area (TPSA) is 52.6 Å². The van der Waals surface area contributed by atoms with Gasteiger partial charge in [0, 0.05) is 26.7 Å². The fraction of sp³-hybridized carbons (Fsp3) is 0.750. The Kier molecular flexibility index (Phi) is 11.9. The molecule has 0 spiro atoms. The van der Waals surface area contributed by atoms with Crippen molar-refractivity contribution >= 4 is 11.9 Å². The Bertz CT molecular complexity index is 297. The van der Waals surface area contributed by atoms with Crippen LogP contribution in [-0.2, 0) is 19.1 Å². The Labute approximate surface area is 122 Å². The van der Waals surface area contributed by atoms with Gasteiger partial charge in [0.15, 0.2) is 0 Å². The molecule has 0 aliphatic carbocycles. The maximum atomic E-state index is 11.0. The smallest absolute Gasteiger partial charge is 0.302 e. The molecule has 0 aliphatic heterocycles. The van der Waals surface area contributed by atoms with Crippen LogP contribution < -0.4 is 0 Å². The molecule has 0 aromatic carbocycles. The lowest BCUT2D eigenvalue weighted by Crippen LogP contribution is -2.18. The average Bonchev–Trinajstić information content (AvgIpc) is 2.36. The Morgan fingerprint density at radius 3 is 2.40 bits per heavy atom. The summed E-state index contributed by atoms with van der Waals surface area (Å²) in [7, 11) is 0. The van der Waals surface area contributed by atoms with E-state index >= 15 is 0 Å². The second-order valence-electron chi connectivity index (χ2n) is 4.92. The highest BCUT2D eigenvalue weighted by molar-refractivity contribution is 5.66. The molecule has 1 atom stereocenters. The maximum Gasteiger partial charge on any atom is 0.302 e. The van der Waals surface area contributed by atoms with Crippen LogP contribution in [0.3, 0.4) is 0 Å². The van der Waals surface area contributed by atoms with Crippen molar-refractivity contribution in [1.82, 2.24) is 0 Å². The minimum Gasteiger partial charge on any atom is -0.466 e. The number of rotatable bonds is 11. The second kappa shape index (κ2) is 12.7. The van der Waals surface area contributed by atoms with E-state index < -0.39 is 0 Å². The summed E-state index contributed by atoms with van der Waals surface area (Å²) in [5.74, 6) is -0.604. The summed E-state index contributed by atoms with van der Waals surface area (Å²) in [5.41, 5.74) is 0. The van der Waals surface area contributed by atoms with Crippen LogP contribution in [-0.4, -0.2) is 24.6 Å². The van der Waals surface area contributed by atoms with Gasteiger partial charge in [-0.2, -0.15) is 0 Å². The lowest BCUT2D eigenvalue weighted by molar-refractivity contribution is -0.148. The Morgan fingerprint density at radius 1 is 1.05 bits per heavy atom. The van der Waals surface area contributed by atoms with Crippen LogP contribution in [0.25, 0.3) is 0 Å². The first-order chi connectivity index (χ1) is 9.56. The summed E-state index contributed by atoms with van der Waals surface area (Å²) in [6.45, 7) is 5.25. The fourth-order valence-electron chi connectivity index (χ4n) is 1.85. The van der Waals surface area contributed by atoms with Gasteiger partial charge in [0.25, 0.3) is 0 Å². The monoisotopic (exact) mass is 284 g/mol. The lowest BCUT2D eigenvalue weighted by Gasteiger charge is -2.14. The van der Waals surface area contributed by atoms with E-state index in [1.165, 1.54) is 39.5 Å². The highest BCUT2D eigenvalue weighted by Crippen LogP contribution is 2.08. The van der Waals surface area contributed by atoms with Crippen molar-refractivity contribution in [3.8, 4) is 0 Å². The standard InChI is InChI=1S/C16H28O4/c1-4-5-6-7-8-9-10-11-16(20-15(3)18)12-13-19-14(2)17/h9-10,16H,4-8,11-13H2,1-3H3/b10-9-. The van der Waals surface area contributed by atoms with Gasteiger partial charge in [0.2, 0.25) is 0 Å². The van der Waals surface area contributed by atoms with Crippen molar-refractivity contribution in [2.75, 3.05) is 6.61 Å². The first-order valence-corrected chi connectivity index (χ1v) is 7.51. The average molecular weight is 284 g/mol. The molecule has 0 N–H and O–H groups in total. The molecule has 116 valence electrons. The summed E-state index contributed by atoms with van der Waals surface area (Å²) < 4.78 is 10.1. The van der Waals surface area contributed by atoms with E-state index in [9.17, 15) is 9.59 Å². The van der Waals surface area contributed by atoms with Crippen molar-refractivity contribution in [2.45, 2.75) is 71.8 Å². The summed E-state index contributed by atoms with van der Waals surface area (Å²) >= 11 is 0. The van der Waals surface area contributed by atoms with Gasteiger partial charge in [-0.05, 0) is 12.8 Å². The highest BCUT2D eigenvalue weighted by atomic mass is 16.6. The van der Waals surface area contributed by atoms with Crippen molar-refractivity contribution in [2.24, 2.45) is 0 Å². The summed E-state index contributed by atoms with van der Waals surface area (Å²) in [6.07, 6.45) is 11.3. The SMILES string of the molecule is CCCCCC/C=C\CC(CCOC(C)=O)OC(C)=O. The number of esters is 2. The number of carbonyl (C=O) groups excluding carboxylic acids is 2. The molecule has 0 fully saturated rings. The van der Waals surface area contributed by atoms with Crippen LogP contribution in [0.2, 0.25) is 0 Å². The minimum atomic E-state index is -0.307. The van der Waals surface area contributed by atoms with E-state index in [-0.39, 0.29) is 24.6 Å². The zero-order valence-electron chi connectivity index (χ0n) is 13.0. The third kappa shape index (κ3) is 13.1. The van der Waals surface area contributed by atoms with Gasteiger partial charge in [0.05, 0.1) is 6.61 Å². The molecule has 0 amide bonds. The summed E-state index contributed by atoms with van der Waals surface area (Å²) in [4.78, 5) is 21.7. The first kappa shape index (κ1) is 18.7. The predicted molar refractivity (Wildman–Crippen MR) is 79.3 cm³/mol. The second-order valence-corrected chi connectivity index (χ2v) is 4.92. The number of ether oxygens (including phenoxy) is 2. The molecule has 4 heteroatoms. The quantitative estimate of drug-likeness (QED) is 0.329. The van der Waals surface area contributed by atoms with Crippen LogP contribution in [0.5, 0.6) is 0 Å². The van der Waals surface area contributed by atoms with Gasteiger partial charge in [-0.25, -0.2) is 0 Å². The van der Waals surface area contributed by atoms with Crippen LogP contribution in [0.1, 0.15) is 65.7 Å². The van der Waals surface area contributed by atoms with E-state index in [0.29, 0.717) is 12.8 Å². The third-order valence-corrected chi connectivity index (χ3v) is 2.87. The molecule has 0 bridgehead atoms. The maximum absolute atomic E-state index is 11.0. The van der Waals surface area contributed by atoms with Crippen LogP contribution in [0, 0.1) is 0 Å². The number of unbranched alkanes of at least 4 members (excludes halogenated alkanes) is 4. The molecule has 0 radical (unpaired) electrons. The van der Waals surface area contributed by atoms with Crippen molar-refractivity contribution < 1.29 is 19.1 Å². The molecule has 20 heavy (non-hydrogen) atoms. The molecule has 1 unspecified atom stereocenters. The Morgan fingerprint density at radius 2 is 1.80 bits per heavy atom. The van der Waals surface area contributed by atoms with Crippen molar-refractivity contribution in [3.05, 3.63) is 12.2 Å². The molecular weight excluding hydrogens is 256 g/mol. The zero-order chi connectivity index (χ0) is 15.2. The Balaban J connectivity index is 3.87. The van der Waals surface area contributed by atoms with Gasteiger partial charge in [-0.1, -0.05) is 38.3 Å². The number of allylic oxidation sites excluding steroid dienone is 1. The number of carbonyl (C=O) groups is 2. The van der Waals surface area contributed by atoms with Crippen LogP contribution in [0.15, 0.2) is 12.2 Å². The van der Waals surface area contributed by atoms with Gasteiger partial charge >= 0.3 is 11.9 Å². The fourth-order valence-corrected chi connectivity index (χ4v) is 1.85. The normalized spacial score (nSPS) is 12.3. The van der Waals surface area contributed by atoms with Gasteiger partial charge in [0.1, 0.15) is 6.10 Å². The van der Waals surface area contributed by atoms with Crippen LogP contribution in [0.4, 0.5) is 0 Å². The molecule has 0 aromatic heterocycles. The molecule has 4 nitrogen and oxygen atoms in total. The van der Waals surface area contributed by atoms with E-state index in [0.717, 1.165) is 6.42 Å². The van der Waals surface area contributed by atoms with E-state index in [4.69, 9.17) is 9.47 Å². The highest BCUT2D eigenvalue weighted by Gasteiger charge is 2.10. The molecule has 0 saturated heterocycles. The van der Waals surface area contributed by atoms with Crippen molar-refractivity contribution in [3.63, 3.8) is 0 Å². The van der Waals surface area contributed by atoms with Gasteiger partial charge in [-0.3, -0.25) is 9.59 Å². The van der Waals surface area contributed by atoms with Gasteiger partial charge in [-0.15, -0.1) is 0 Å². The van der Waals surface area contributed by atoms with E-state index in [2.05, 4.69) is 13.0 Å². The molecule has 0 aliphatic rings. The molecule has 0 rings (SSSR count). The third-order valence-electron chi connectivity index (χ3n) is 2.87. The summed E-state index contributed by atoms with van der Waals surface area (Å²) in [6, 6.07) is 0. The van der Waals surface area contributed by atoms with Crippen LogP contribution >= 0.6 is 0 Å². The lowest BCUT2D eigenvalue weighted by atomic mass is 10.1. The largest absolute Gasteiger partial charge is 0.466 e.